The van der Waals surface area contributed by atoms with Crippen molar-refractivity contribution in [2.45, 2.75) is 13.3 Å². The maximum Gasteiger partial charge on any atom is 0.239 e. The van der Waals surface area contributed by atoms with Crippen LogP contribution < -0.4 is 16.4 Å². The first-order valence-electron chi connectivity index (χ1n) is 5.64. The number of benzene rings is 1. The van der Waals surface area contributed by atoms with Gasteiger partial charge >= 0.3 is 0 Å². The third kappa shape index (κ3) is 4.50. The minimum Gasteiger partial charge on any atom is -0.389 e. The van der Waals surface area contributed by atoms with Crippen molar-refractivity contribution >= 4 is 40.4 Å². The fourth-order valence-corrected chi connectivity index (χ4v) is 1.69. The molecule has 0 aromatic heterocycles. The molecule has 1 aromatic rings. The smallest absolute Gasteiger partial charge is 0.239 e. The first-order chi connectivity index (χ1) is 8.54. The molecular weight excluding hydrogens is 270 g/mol. The van der Waals surface area contributed by atoms with Gasteiger partial charge in [0.1, 0.15) is 4.99 Å². The van der Waals surface area contributed by atoms with Crippen LogP contribution in [0.15, 0.2) is 18.2 Å². The Morgan fingerprint density at radius 2 is 2.22 bits per heavy atom. The summed E-state index contributed by atoms with van der Waals surface area (Å²) in [5.74, 6) is -0.0636. The van der Waals surface area contributed by atoms with Crippen LogP contribution in [0, 0.1) is 0 Å². The molecule has 1 amide bonds. The highest BCUT2D eigenvalue weighted by Crippen LogP contribution is 2.22. The topological polar surface area (TPSA) is 67.2 Å². The Morgan fingerprint density at radius 1 is 1.50 bits per heavy atom. The second-order valence-electron chi connectivity index (χ2n) is 3.76. The Hall–Kier alpha value is -1.33. The zero-order chi connectivity index (χ0) is 13.5. The van der Waals surface area contributed by atoms with Crippen LogP contribution in [0.5, 0.6) is 0 Å². The highest BCUT2D eigenvalue weighted by Gasteiger charge is 2.05. The quantitative estimate of drug-likeness (QED) is 0.699. The predicted molar refractivity (Wildman–Crippen MR) is 79.1 cm³/mol. The van der Waals surface area contributed by atoms with Gasteiger partial charge in [0.05, 0.1) is 17.3 Å². The number of anilines is 1. The molecule has 0 unspecified atom stereocenters. The van der Waals surface area contributed by atoms with Crippen molar-refractivity contribution in [3.63, 3.8) is 0 Å². The van der Waals surface area contributed by atoms with E-state index >= 15 is 0 Å². The zero-order valence-corrected chi connectivity index (χ0v) is 11.7. The van der Waals surface area contributed by atoms with E-state index in [0.29, 0.717) is 27.8 Å². The molecule has 0 spiro atoms. The van der Waals surface area contributed by atoms with Gasteiger partial charge in [-0.05, 0) is 24.6 Å². The second-order valence-corrected chi connectivity index (χ2v) is 4.61. The number of thiocarbonyl (C=S) groups is 1. The van der Waals surface area contributed by atoms with Gasteiger partial charge in [-0.15, -0.1) is 0 Å². The molecule has 6 heteroatoms. The average molecular weight is 286 g/mol. The predicted octanol–water partition coefficient (Wildman–Crippen LogP) is 1.91. The van der Waals surface area contributed by atoms with Crippen LogP contribution in [0.4, 0.5) is 5.69 Å². The summed E-state index contributed by atoms with van der Waals surface area (Å²) < 4.78 is 0. The molecule has 0 aliphatic heterocycles. The van der Waals surface area contributed by atoms with E-state index in [1.54, 1.807) is 18.2 Å². The van der Waals surface area contributed by atoms with Crippen molar-refractivity contribution in [3.8, 4) is 0 Å². The number of rotatable bonds is 6. The van der Waals surface area contributed by atoms with Crippen molar-refractivity contribution in [2.75, 3.05) is 18.4 Å². The molecule has 0 radical (unpaired) electrons. The van der Waals surface area contributed by atoms with E-state index < -0.39 is 0 Å². The van der Waals surface area contributed by atoms with Gasteiger partial charge in [0.2, 0.25) is 5.91 Å². The monoisotopic (exact) mass is 285 g/mol. The molecule has 4 nitrogen and oxygen atoms in total. The minimum absolute atomic E-state index is 0.0636. The fraction of sp³-hybridized carbons (Fsp3) is 0.333. The lowest BCUT2D eigenvalue weighted by Crippen LogP contribution is -2.30. The lowest BCUT2D eigenvalue weighted by atomic mass is 10.2. The maximum atomic E-state index is 11.4. The number of nitrogens with two attached hydrogens (primary N) is 1. The number of hydrogen-bond donors (Lipinski definition) is 3. The maximum absolute atomic E-state index is 11.4. The normalized spacial score (nSPS) is 9.89. The Bertz CT molecular complexity index is 451. The van der Waals surface area contributed by atoms with Gasteiger partial charge in [0.15, 0.2) is 0 Å². The first-order valence-corrected chi connectivity index (χ1v) is 6.43. The summed E-state index contributed by atoms with van der Waals surface area (Å²) >= 11 is 10.9. The van der Waals surface area contributed by atoms with Crippen molar-refractivity contribution < 1.29 is 4.79 Å². The number of hydrogen-bond acceptors (Lipinski definition) is 3. The van der Waals surface area contributed by atoms with Gasteiger partial charge in [-0.25, -0.2) is 0 Å². The van der Waals surface area contributed by atoms with Crippen molar-refractivity contribution in [1.82, 2.24) is 5.32 Å². The van der Waals surface area contributed by atoms with Crippen LogP contribution in [0.1, 0.15) is 18.9 Å². The van der Waals surface area contributed by atoms with Crippen molar-refractivity contribution in [3.05, 3.63) is 28.8 Å². The summed E-state index contributed by atoms with van der Waals surface area (Å²) in [6, 6.07) is 5.20. The molecule has 0 bridgehead atoms. The first kappa shape index (κ1) is 14.7. The summed E-state index contributed by atoms with van der Waals surface area (Å²) in [4.78, 5) is 11.7. The van der Waals surface area contributed by atoms with E-state index in [2.05, 4.69) is 10.6 Å². The molecule has 0 saturated heterocycles. The largest absolute Gasteiger partial charge is 0.389 e. The van der Waals surface area contributed by atoms with Gasteiger partial charge < -0.3 is 16.4 Å². The summed E-state index contributed by atoms with van der Waals surface area (Å²) in [6.45, 7) is 2.86. The Balaban J connectivity index is 2.58. The van der Waals surface area contributed by atoms with Crippen LogP contribution >= 0.6 is 23.8 Å². The Morgan fingerprint density at radius 3 is 2.78 bits per heavy atom. The van der Waals surface area contributed by atoms with Gasteiger partial charge in [0.25, 0.3) is 0 Å². The van der Waals surface area contributed by atoms with Crippen LogP contribution in [0.3, 0.4) is 0 Å². The number of halogens is 1. The molecule has 1 aromatic carbocycles. The van der Waals surface area contributed by atoms with E-state index in [4.69, 9.17) is 29.6 Å². The summed E-state index contributed by atoms with van der Waals surface area (Å²) in [5.41, 5.74) is 6.89. The van der Waals surface area contributed by atoms with E-state index in [9.17, 15) is 4.79 Å². The van der Waals surface area contributed by atoms with Gasteiger partial charge in [-0.1, -0.05) is 30.7 Å². The van der Waals surface area contributed by atoms with Crippen molar-refractivity contribution in [2.24, 2.45) is 5.73 Å². The third-order valence-electron chi connectivity index (χ3n) is 2.27. The van der Waals surface area contributed by atoms with Gasteiger partial charge in [0, 0.05) is 12.1 Å². The molecule has 4 N–H and O–H groups in total. The second kappa shape index (κ2) is 7.18. The standard InChI is InChI=1S/C12H16ClN3OS/c1-2-5-15-11(17)7-16-10-4-3-8(12(14)18)6-9(10)13/h3-4,6,16H,2,5,7H2,1H3,(H2,14,18)(H,15,17). The molecule has 1 rings (SSSR count). The molecule has 0 aliphatic rings. The lowest BCUT2D eigenvalue weighted by molar-refractivity contribution is -0.119. The molecule has 0 saturated carbocycles. The summed E-state index contributed by atoms with van der Waals surface area (Å²) in [7, 11) is 0. The van der Waals surface area contributed by atoms with Crippen molar-refractivity contribution in [1.29, 1.82) is 0 Å². The van der Waals surface area contributed by atoms with E-state index in [-0.39, 0.29) is 12.5 Å². The number of nitrogens with one attached hydrogen (secondary N) is 2. The Labute approximate surface area is 117 Å². The number of carbonyl (C=O) groups is 1. The molecule has 0 fully saturated rings. The summed E-state index contributed by atoms with van der Waals surface area (Å²) in [5, 5.41) is 6.22. The minimum atomic E-state index is -0.0636. The SMILES string of the molecule is CCCNC(=O)CNc1ccc(C(N)=S)cc1Cl. The van der Waals surface area contributed by atoms with E-state index in [0.717, 1.165) is 6.42 Å². The molecule has 0 atom stereocenters. The molecule has 18 heavy (non-hydrogen) atoms. The fourth-order valence-electron chi connectivity index (χ4n) is 1.31. The molecule has 98 valence electrons. The highest BCUT2D eigenvalue weighted by molar-refractivity contribution is 7.80. The van der Waals surface area contributed by atoms with Crippen LogP contribution in [0.25, 0.3) is 0 Å². The molecular formula is C12H16ClN3OS. The van der Waals surface area contributed by atoms with Gasteiger partial charge in [-0.3, -0.25) is 4.79 Å². The molecule has 0 aliphatic carbocycles. The molecule has 0 heterocycles. The van der Waals surface area contributed by atoms with Gasteiger partial charge in [-0.2, -0.15) is 0 Å². The lowest BCUT2D eigenvalue weighted by Gasteiger charge is -2.09. The average Bonchev–Trinajstić information content (AvgIpc) is 2.34. The number of amides is 1. The highest BCUT2D eigenvalue weighted by atomic mass is 35.5. The summed E-state index contributed by atoms with van der Waals surface area (Å²) in [6.07, 6.45) is 0.912. The van der Waals surface area contributed by atoms with Crippen LogP contribution in [-0.4, -0.2) is 24.0 Å². The van der Waals surface area contributed by atoms with Crippen LogP contribution in [-0.2, 0) is 4.79 Å². The van der Waals surface area contributed by atoms with E-state index in [1.165, 1.54) is 0 Å². The van der Waals surface area contributed by atoms with Crippen LogP contribution in [0.2, 0.25) is 5.02 Å². The Kier molecular flexibility index (Phi) is 5.88. The number of carbonyl (C=O) groups excluding carboxylic acids is 1. The van der Waals surface area contributed by atoms with E-state index in [1.807, 2.05) is 6.92 Å². The zero-order valence-electron chi connectivity index (χ0n) is 10.1. The third-order valence-corrected chi connectivity index (χ3v) is 2.81.